The Labute approximate surface area is 123 Å². The second-order valence-electron chi connectivity index (χ2n) is 6.44. The molecule has 2 aromatic rings. The van der Waals surface area contributed by atoms with E-state index < -0.39 is 0 Å². The van der Waals surface area contributed by atoms with E-state index in [1.165, 1.54) is 19.3 Å². The first-order valence-corrected chi connectivity index (χ1v) is 7.76. The summed E-state index contributed by atoms with van der Waals surface area (Å²) < 4.78 is 0. The highest BCUT2D eigenvalue weighted by Gasteiger charge is 2.34. The monoisotopic (exact) mass is 284 g/mol. The van der Waals surface area contributed by atoms with Gasteiger partial charge in [0, 0.05) is 23.8 Å². The number of carbonyl (C=O) groups is 1. The summed E-state index contributed by atoms with van der Waals surface area (Å²) in [5.41, 5.74) is 1.74. The number of carbonyl (C=O) groups excluding carboxylic acids is 1. The van der Waals surface area contributed by atoms with E-state index in [1.54, 1.807) is 12.4 Å². The molecule has 5 heteroatoms. The van der Waals surface area contributed by atoms with Crippen molar-refractivity contribution in [2.24, 2.45) is 11.8 Å². The molecular weight excluding hydrogens is 264 g/mol. The molecule has 0 aliphatic heterocycles. The minimum Gasteiger partial charge on any atom is -0.358 e. The van der Waals surface area contributed by atoms with Crippen molar-refractivity contribution < 1.29 is 4.79 Å². The SMILES string of the molecule is O=C(Nc1c[nH]c2cnccc12)NC1CC2CCC(C2)C1. The number of fused-ring (bicyclic) bond motifs is 3. The Hall–Kier alpha value is -2.04. The van der Waals surface area contributed by atoms with Crippen LogP contribution in [0.3, 0.4) is 0 Å². The lowest BCUT2D eigenvalue weighted by molar-refractivity contribution is 0.235. The van der Waals surface area contributed by atoms with Crippen LogP contribution < -0.4 is 10.6 Å². The Morgan fingerprint density at radius 1 is 1.24 bits per heavy atom. The molecule has 0 radical (unpaired) electrons. The lowest BCUT2D eigenvalue weighted by Crippen LogP contribution is -2.41. The molecule has 2 unspecified atom stereocenters. The number of H-pyrrole nitrogens is 1. The molecule has 2 saturated carbocycles. The van der Waals surface area contributed by atoms with Crippen LogP contribution in [0.25, 0.3) is 10.9 Å². The van der Waals surface area contributed by atoms with Crippen LogP contribution in [0.1, 0.15) is 32.1 Å². The number of hydrogen-bond acceptors (Lipinski definition) is 2. The van der Waals surface area contributed by atoms with Gasteiger partial charge in [0.2, 0.25) is 0 Å². The van der Waals surface area contributed by atoms with Crippen LogP contribution in [0, 0.1) is 11.8 Å². The van der Waals surface area contributed by atoms with Crippen molar-refractivity contribution in [2.45, 2.75) is 38.1 Å². The number of nitrogens with zero attached hydrogens (tertiary/aromatic N) is 1. The standard InChI is InChI=1S/C16H20N4O/c21-16(19-12-6-10-1-2-11(5-10)7-12)20-15-9-18-14-8-17-4-3-13(14)15/h3-4,8-12,18H,1-2,5-7H2,(H2,19,20,21). The van der Waals surface area contributed by atoms with E-state index in [9.17, 15) is 4.79 Å². The molecule has 2 aliphatic rings. The highest BCUT2D eigenvalue weighted by Crippen LogP contribution is 2.41. The van der Waals surface area contributed by atoms with Crippen molar-refractivity contribution in [1.82, 2.24) is 15.3 Å². The first-order chi connectivity index (χ1) is 10.3. The number of pyridine rings is 1. The summed E-state index contributed by atoms with van der Waals surface area (Å²) in [6.07, 6.45) is 11.7. The summed E-state index contributed by atoms with van der Waals surface area (Å²) in [4.78, 5) is 19.4. The Morgan fingerprint density at radius 2 is 2.05 bits per heavy atom. The predicted molar refractivity (Wildman–Crippen MR) is 82.1 cm³/mol. The molecule has 2 fully saturated rings. The molecule has 21 heavy (non-hydrogen) atoms. The molecule has 0 aromatic carbocycles. The normalized spacial score (nSPS) is 27.7. The minimum absolute atomic E-state index is 0.0981. The number of amides is 2. The molecule has 2 bridgehead atoms. The fourth-order valence-electron chi connectivity index (χ4n) is 4.04. The van der Waals surface area contributed by atoms with Gasteiger partial charge in [0.25, 0.3) is 0 Å². The van der Waals surface area contributed by atoms with E-state index in [0.717, 1.165) is 41.3 Å². The fraction of sp³-hybridized carbons (Fsp3) is 0.500. The molecule has 3 N–H and O–H groups in total. The Morgan fingerprint density at radius 3 is 2.86 bits per heavy atom. The Bertz CT molecular complexity index is 653. The van der Waals surface area contributed by atoms with Crippen molar-refractivity contribution in [2.75, 3.05) is 5.32 Å². The second kappa shape index (κ2) is 5.06. The van der Waals surface area contributed by atoms with Crippen LogP contribution in [0.5, 0.6) is 0 Å². The third-order valence-electron chi connectivity index (χ3n) is 4.95. The van der Waals surface area contributed by atoms with Gasteiger partial charge in [0.05, 0.1) is 17.4 Å². The van der Waals surface area contributed by atoms with Crippen molar-refractivity contribution in [3.63, 3.8) is 0 Å². The van der Waals surface area contributed by atoms with Gasteiger partial charge in [-0.15, -0.1) is 0 Å². The van der Waals surface area contributed by atoms with Crippen LogP contribution in [-0.2, 0) is 0 Å². The smallest absolute Gasteiger partial charge is 0.319 e. The summed E-state index contributed by atoms with van der Waals surface area (Å²) >= 11 is 0. The largest absolute Gasteiger partial charge is 0.358 e. The Balaban J connectivity index is 1.42. The summed E-state index contributed by atoms with van der Waals surface area (Å²) in [5.74, 6) is 1.65. The second-order valence-corrected chi connectivity index (χ2v) is 6.44. The third kappa shape index (κ3) is 2.48. The first kappa shape index (κ1) is 12.7. The van der Waals surface area contributed by atoms with Gasteiger partial charge in [-0.1, -0.05) is 12.8 Å². The molecule has 2 aliphatic carbocycles. The topological polar surface area (TPSA) is 69.8 Å². The van der Waals surface area contributed by atoms with Gasteiger partial charge in [-0.25, -0.2) is 4.79 Å². The molecule has 0 saturated heterocycles. The van der Waals surface area contributed by atoms with Crippen LogP contribution in [-0.4, -0.2) is 22.0 Å². The van der Waals surface area contributed by atoms with E-state index in [2.05, 4.69) is 20.6 Å². The summed E-state index contributed by atoms with van der Waals surface area (Å²) in [5, 5.41) is 7.09. The zero-order chi connectivity index (χ0) is 14.2. The van der Waals surface area contributed by atoms with Crippen molar-refractivity contribution in [3.05, 3.63) is 24.7 Å². The number of aromatic nitrogens is 2. The minimum atomic E-state index is -0.0981. The molecule has 2 heterocycles. The van der Waals surface area contributed by atoms with Crippen LogP contribution in [0.4, 0.5) is 10.5 Å². The van der Waals surface area contributed by atoms with Crippen LogP contribution >= 0.6 is 0 Å². The van der Waals surface area contributed by atoms with Gasteiger partial charge in [0.1, 0.15) is 0 Å². The number of hydrogen-bond donors (Lipinski definition) is 3. The van der Waals surface area contributed by atoms with E-state index in [0.29, 0.717) is 6.04 Å². The molecule has 4 rings (SSSR count). The average Bonchev–Trinajstić information content (AvgIpc) is 3.03. The highest BCUT2D eigenvalue weighted by atomic mass is 16.2. The maximum absolute atomic E-state index is 12.2. The van der Waals surface area contributed by atoms with E-state index >= 15 is 0 Å². The molecule has 2 atom stereocenters. The molecule has 5 nitrogen and oxygen atoms in total. The van der Waals surface area contributed by atoms with Gasteiger partial charge >= 0.3 is 6.03 Å². The van der Waals surface area contributed by atoms with Crippen LogP contribution in [0.15, 0.2) is 24.7 Å². The number of rotatable bonds is 2. The predicted octanol–water partition coefficient (Wildman–Crippen LogP) is 3.26. The van der Waals surface area contributed by atoms with Crippen molar-refractivity contribution in [3.8, 4) is 0 Å². The molecule has 2 amide bonds. The number of anilines is 1. The molecule has 110 valence electrons. The maximum Gasteiger partial charge on any atom is 0.319 e. The average molecular weight is 284 g/mol. The highest BCUT2D eigenvalue weighted by molar-refractivity contribution is 6.00. The maximum atomic E-state index is 12.2. The van der Waals surface area contributed by atoms with Gasteiger partial charge in [0.15, 0.2) is 0 Å². The van der Waals surface area contributed by atoms with Gasteiger partial charge in [-0.2, -0.15) is 0 Å². The Kier molecular flexibility index (Phi) is 3.05. The van der Waals surface area contributed by atoms with E-state index in [1.807, 2.05) is 12.3 Å². The first-order valence-electron chi connectivity index (χ1n) is 7.76. The summed E-state index contributed by atoms with van der Waals surface area (Å²) in [6.45, 7) is 0. The number of urea groups is 1. The summed E-state index contributed by atoms with van der Waals surface area (Å²) in [7, 11) is 0. The third-order valence-corrected chi connectivity index (χ3v) is 4.95. The van der Waals surface area contributed by atoms with Gasteiger partial charge in [-0.05, 0) is 37.2 Å². The van der Waals surface area contributed by atoms with E-state index in [4.69, 9.17) is 0 Å². The fourth-order valence-corrected chi connectivity index (χ4v) is 4.04. The molecule has 2 aromatic heterocycles. The van der Waals surface area contributed by atoms with Crippen molar-refractivity contribution >= 4 is 22.6 Å². The summed E-state index contributed by atoms with van der Waals surface area (Å²) in [6, 6.07) is 2.14. The molecule has 0 spiro atoms. The van der Waals surface area contributed by atoms with E-state index in [-0.39, 0.29) is 6.03 Å². The number of nitrogens with one attached hydrogen (secondary N) is 3. The zero-order valence-corrected chi connectivity index (χ0v) is 11.9. The van der Waals surface area contributed by atoms with Crippen molar-refractivity contribution in [1.29, 1.82) is 0 Å². The number of aromatic amines is 1. The lowest BCUT2D eigenvalue weighted by atomic mass is 9.85. The lowest BCUT2D eigenvalue weighted by Gasteiger charge is -2.28. The zero-order valence-electron chi connectivity index (χ0n) is 11.9. The van der Waals surface area contributed by atoms with Gasteiger partial charge < -0.3 is 15.6 Å². The molecular formula is C16H20N4O. The van der Waals surface area contributed by atoms with Crippen LogP contribution in [0.2, 0.25) is 0 Å². The van der Waals surface area contributed by atoms with Gasteiger partial charge in [-0.3, -0.25) is 4.98 Å². The quantitative estimate of drug-likeness (QED) is 0.792.